The molecule has 2 aromatic carbocycles. The molecule has 1 atom stereocenters. The van der Waals surface area contributed by atoms with Crippen LogP contribution >= 0.6 is 0 Å². The average molecular weight is 686 g/mol. The second kappa shape index (κ2) is 16.5. The number of nitrogens with two attached hydrogens (primary N) is 1. The maximum Gasteiger partial charge on any atom is 0.250 e. The molecule has 262 valence electrons. The maximum atomic E-state index is 15.4. The van der Waals surface area contributed by atoms with Crippen LogP contribution in [0.2, 0.25) is 0 Å². The molecular weight excluding hydrogens is 637 g/mol. The Morgan fingerprint density at radius 1 is 1.02 bits per heavy atom. The van der Waals surface area contributed by atoms with Gasteiger partial charge >= 0.3 is 0 Å². The highest BCUT2D eigenvalue weighted by molar-refractivity contribution is 7.91. The molecule has 3 N–H and O–H groups in total. The number of nitrogens with zero attached hydrogens (tertiary/aromatic N) is 3. The van der Waals surface area contributed by atoms with Crippen molar-refractivity contribution in [1.82, 2.24) is 15.5 Å². The molecule has 48 heavy (non-hydrogen) atoms. The number of nitrogens with one attached hydrogen (secondary N) is 1. The van der Waals surface area contributed by atoms with E-state index in [9.17, 15) is 18.0 Å². The number of amides is 2. The number of hydrogen-bond donors (Lipinski definition) is 2. The van der Waals surface area contributed by atoms with Gasteiger partial charge in [-0.2, -0.15) is 0 Å². The molecule has 0 radical (unpaired) electrons. The van der Waals surface area contributed by atoms with Crippen molar-refractivity contribution in [2.24, 2.45) is 5.73 Å². The SMILES string of the molecule is CC(=O)NCCCCCCCCCCCOc1ccc(CN2C(=O)[C@@H](N)CS(=O)(=O)c3cc(F)c(-c4nnc(C(C)(C)C)o4)cc32)cc1. The van der Waals surface area contributed by atoms with Crippen molar-refractivity contribution in [2.75, 3.05) is 23.8 Å². The molecule has 2 heterocycles. The summed E-state index contributed by atoms with van der Waals surface area (Å²) in [5.74, 6) is -1.22. The first-order valence-corrected chi connectivity index (χ1v) is 18.4. The lowest BCUT2D eigenvalue weighted by atomic mass is 9.97. The standard InChI is InChI=1S/C35H48FN5O6S/c1-24(42)38-18-12-10-8-6-5-7-9-11-13-19-46-26-16-14-25(15-17-26)22-41-30-20-27(32-39-40-34(47-32)35(2,3)4)28(36)21-31(30)48(44,45)23-29(37)33(41)43/h14-17,20-21,29H,5-13,18-19,22-23,37H2,1-4H3,(H,38,42)/t29-/m0/s1. The Labute approximate surface area is 282 Å². The monoisotopic (exact) mass is 685 g/mol. The van der Waals surface area contributed by atoms with Gasteiger partial charge in [0, 0.05) is 18.9 Å². The van der Waals surface area contributed by atoms with E-state index in [1.54, 1.807) is 19.1 Å². The van der Waals surface area contributed by atoms with E-state index in [4.69, 9.17) is 14.9 Å². The van der Waals surface area contributed by atoms with Crippen LogP contribution in [0.1, 0.15) is 96.9 Å². The lowest BCUT2D eigenvalue weighted by Crippen LogP contribution is -2.45. The van der Waals surface area contributed by atoms with Crippen molar-refractivity contribution in [3.8, 4) is 17.2 Å². The number of fused-ring (bicyclic) bond motifs is 1. The molecule has 0 aliphatic carbocycles. The Hall–Kier alpha value is -3.84. The molecule has 0 saturated heterocycles. The number of unbranched alkanes of at least 4 members (excludes halogenated alkanes) is 8. The van der Waals surface area contributed by atoms with Gasteiger partial charge in [0.05, 0.1) is 41.1 Å². The Morgan fingerprint density at radius 2 is 1.65 bits per heavy atom. The van der Waals surface area contributed by atoms with Gasteiger partial charge in [0.15, 0.2) is 9.84 Å². The van der Waals surface area contributed by atoms with Gasteiger partial charge in [0.2, 0.25) is 17.7 Å². The molecule has 3 aromatic rings. The van der Waals surface area contributed by atoms with Crippen LogP contribution in [0.3, 0.4) is 0 Å². The number of hydrogen-bond acceptors (Lipinski definition) is 9. The second-order valence-electron chi connectivity index (χ2n) is 13.4. The molecule has 4 rings (SSSR count). The third-order valence-corrected chi connectivity index (χ3v) is 9.98. The minimum atomic E-state index is -4.09. The predicted octanol–water partition coefficient (Wildman–Crippen LogP) is 5.85. The van der Waals surface area contributed by atoms with Crippen molar-refractivity contribution in [1.29, 1.82) is 0 Å². The Morgan fingerprint density at radius 3 is 2.25 bits per heavy atom. The number of carbonyl (C=O) groups excluding carboxylic acids is 2. The van der Waals surface area contributed by atoms with Crippen molar-refractivity contribution >= 4 is 27.3 Å². The van der Waals surface area contributed by atoms with Gasteiger partial charge in [-0.25, -0.2) is 12.8 Å². The fraction of sp³-hybridized carbons (Fsp3) is 0.543. The number of anilines is 1. The minimum Gasteiger partial charge on any atom is -0.494 e. The molecule has 1 aliphatic rings. The third-order valence-electron chi connectivity index (χ3n) is 8.18. The smallest absolute Gasteiger partial charge is 0.250 e. The van der Waals surface area contributed by atoms with Gasteiger partial charge in [-0.15, -0.1) is 10.2 Å². The fourth-order valence-corrected chi connectivity index (χ4v) is 7.04. The van der Waals surface area contributed by atoms with Crippen LogP contribution in [0.25, 0.3) is 11.5 Å². The first kappa shape index (κ1) is 37.0. The fourth-order valence-electron chi connectivity index (χ4n) is 5.47. The summed E-state index contributed by atoms with van der Waals surface area (Å²) in [4.78, 5) is 25.3. The molecule has 0 unspecified atom stereocenters. The highest BCUT2D eigenvalue weighted by Gasteiger charge is 2.37. The highest BCUT2D eigenvalue weighted by Crippen LogP contribution is 2.37. The van der Waals surface area contributed by atoms with Gasteiger partial charge in [-0.1, -0.05) is 77.8 Å². The van der Waals surface area contributed by atoms with Crippen LogP contribution < -0.4 is 20.7 Å². The van der Waals surface area contributed by atoms with E-state index >= 15 is 4.39 Å². The molecule has 2 amide bonds. The summed E-state index contributed by atoms with van der Waals surface area (Å²) in [6.07, 6.45) is 10.2. The molecule has 11 nitrogen and oxygen atoms in total. The maximum absolute atomic E-state index is 15.4. The average Bonchev–Trinajstić information content (AvgIpc) is 3.51. The van der Waals surface area contributed by atoms with E-state index in [0.29, 0.717) is 17.9 Å². The predicted molar refractivity (Wildman–Crippen MR) is 182 cm³/mol. The van der Waals surface area contributed by atoms with Gasteiger partial charge in [-0.3, -0.25) is 9.59 Å². The number of halogens is 1. The largest absolute Gasteiger partial charge is 0.494 e. The topological polar surface area (TPSA) is 158 Å². The summed E-state index contributed by atoms with van der Waals surface area (Å²) in [6.45, 7) is 8.51. The zero-order valence-electron chi connectivity index (χ0n) is 28.4. The van der Waals surface area contributed by atoms with Crippen molar-refractivity contribution in [3.05, 3.63) is 53.7 Å². The van der Waals surface area contributed by atoms with Crippen LogP contribution in [0.15, 0.2) is 45.7 Å². The third kappa shape index (κ3) is 10.1. The first-order chi connectivity index (χ1) is 22.8. The lowest BCUT2D eigenvalue weighted by Gasteiger charge is -2.24. The Kier molecular flexibility index (Phi) is 12.7. The molecule has 13 heteroatoms. The van der Waals surface area contributed by atoms with E-state index in [-0.39, 0.29) is 40.4 Å². The van der Waals surface area contributed by atoms with Crippen molar-refractivity contribution < 1.29 is 31.6 Å². The molecule has 0 bridgehead atoms. The second-order valence-corrected chi connectivity index (χ2v) is 15.4. The van der Waals surface area contributed by atoms with Gasteiger partial charge in [0.1, 0.15) is 11.6 Å². The zero-order valence-corrected chi connectivity index (χ0v) is 29.2. The summed E-state index contributed by atoms with van der Waals surface area (Å²) in [5, 5.41) is 10.8. The van der Waals surface area contributed by atoms with E-state index in [2.05, 4.69) is 15.5 Å². The van der Waals surface area contributed by atoms with Crippen molar-refractivity contribution in [2.45, 2.75) is 108 Å². The minimum absolute atomic E-state index is 0.00199. The zero-order chi connectivity index (χ0) is 34.9. The number of ether oxygens (including phenoxy) is 1. The van der Waals surface area contributed by atoms with Crippen LogP contribution in [0.5, 0.6) is 5.75 Å². The normalized spacial score (nSPS) is 16.0. The summed E-state index contributed by atoms with van der Waals surface area (Å²) < 4.78 is 53.4. The van der Waals surface area contributed by atoms with Crippen LogP contribution in [0.4, 0.5) is 10.1 Å². The summed E-state index contributed by atoms with van der Waals surface area (Å²) in [6, 6.07) is 8.07. The van der Waals surface area contributed by atoms with Gasteiger partial charge in [-0.05, 0) is 42.7 Å². The van der Waals surface area contributed by atoms with Crippen molar-refractivity contribution in [3.63, 3.8) is 0 Å². The molecule has 1 aliphatic heterocycles. The quantitative estimate of drug-likeness (QED) is 0.177. The van der Waals surface area contributed by atoms with Crippen LogP contribution in [-0.4, -0.2) is 55.4 Å². The number of rotatable bonds is 16. The molecular formula is C35H48FN5O6S. The van der Waals surface area contributed by atoms with Gasteiger partial charge < -0.3 is 25.1 Å². The molecule has 0 fully saturated rings. The molecule has 0 saturated carbocycles. The number of aromatic nitrogens is 2. The molecule has 0 spiro atoms. The first-order valence-electron chi connectivity index (χ1n) is 16.7. The van der Waals surface area contributed by atoms with E-state index < -0.39 is 38.8 Å². The Balaban J connectivity index is 1.34. The summed E-state index contributed by atoms with van der Waals surface area (Å²) in [7, 11) is -4.09. The van der Waals surface area contributed by atoms with Gasteiger partial charge in [0.25, 0.3) is 5.89 Å². The highest BCUT2D eigenvalue weighted by atomic mass is 32.2. The number of sulfone groups is 1. The van der Waals surface area contributed by atoms with Crippen LogP contribution in [0, 0.1) is 5.82 Å². The number of carbonyl (C=O) groups is 2. The Bertz CT molecular complexity index is 1650. The number of benzene rings is 2. The van der Waals surface area contributed by atoms with E-state index in [0.717, 1.165) is 44.7 Å². The summed E-state index contributed by atoms with van der Waals surface area (Å²) >= 11 is 0. The summed E-state index contributed by atoms with van der Waals surface area (Å²) in [5.41, 5.74) is 6.16. The lowest BCUT2D eigenvalue weighted by molar-refractivity contribution is -0.120. The van der Waals surface area contributed by atoms with Crippen LogP contribution in [-0.2, 0) is 31.4 Å². The van der Waals surface area contributed by atoms with E-state index in [1.807, 2.05) is 32.9 Å². The van der Waals surface area contributed by atoms with E-state index in [1.165, 1.54) is 36.6 Å². The molecule has 1 aromatic heterocycles.